The van der Waals surface area contributed by atoms with Gasteiger partial charge in [0.25, 0.3) is 0 Å². The molecule has 0 aliphatic rings. The quantitative estimate of drug-likeness (QED) is 0.703. The van der Waals surface area contributed by atoms with Gasteiger partial charge < -0.3 is 5.32 Å². The maximum absolute atomic E-state index is 3.83. The van der Waals surface area contributed by atoms with Crippen LogP contribution in [0, 0.1) is 0 Å². The second-order valence-corrected chi connectivity index (χ2v) is 4.94. The van der Waals surface area contributed by atoms with Crippen LogP contribution in [-0.4, -0.2) is 21.3 Å². The largest absolute Gasteiger partial charge is 0.385 e. The minimum absolute atomic E-state index is 0.959. The number of hydrogen-bond donors (Lipinski definition) is 1. The van der Waals surface area contributed by atoms with Crippen LogP contribution in [0.3, 0.4) is 0 Å². The minimum atomic E-state index is 0.959. The summed E-state index contributed by atoms with van der Waals surface area (Å²) in [7, 11) is 0. The van der Waals surface area contributed by atoms with Crippen LogP contribution in [0.25, 0.3) is 5.69 Å². The molecule has 3 rings (SSSR count). The molecule has 1 heterocycles. The summed E-state index contributed by atoms with van der Waals surface area (Å²) >= 11 is 0. The van der Waals surface area contributed by atoms with E-state index < -0.39 is 0 Å². The van der Waals surface area contributed by atoms with Crippen LogP contribution in [0.15, 0.2) is 67.3 Å². The van der Waals surface area contributed by atoms with Gasteiger partial charge in [-0.3, -0.25) is 4.57 Å². The van der Waals surface area contributed by atoms with E-state index in [4.69, 9.17) is 0 Å². The molecule has 0 bridgehead atoms. The lowest BCUT2D eigenvalue weighted by molar-refractivity contribution is 0.863. The zero-order valence-corrected chi connectivity index (χ0v) is 11.8. The number of aromatic nitrogens is 3. The Morgan fingerprint density at radius 1 is 0.905 bits per heavy atom. The van der Waals surface area contributed by atoms with Crippen molar-refractivity contribution < 1.29 is 0 Å². The van der Waals surface area contributed by atoms with Crippen LogP contribution in [-0.2, 0) is 6.42 Å². The average molecular weight is 278 g/mol. The molecule has 21 heavy (non-hydrogen) atoms. The van der Waals surface area contributed by atoms with Crippen molar-refractivity contribution in [3.8, 4) is 5.69 Å². The van der Waals surface area contributed by atoms with E-state index in [0.29, 0.717) is 0 Å². The second-order valence-electron chi connectivity index (χ2n) is 4.94. The Bertz CT molecular complexity index is 662. The Balaban J connectivity index is 1.53. The van der Waals surface area contributed by atoms with Crippen molar-refractivity contribution in [1.29, 1.82) is 0 Å². The molecule has 0 atom stereocenters. The summed E-state index contributed by atoms with van der Waals surface area (Å²) in [6.45, 7) is 0.959. The van der Waals surface area contributed by atoms with E-state index in [9.17, 15) is 0 Å². The highest BCUT2D eigenvalue weighted by Crippen LogP contribution is 2.14. The number of rotatable bonds is 6. The molecule has 0 aliphatic heterocycles. The van der Waals surface area contributed by atoms with Crippen LogP contribution in [0.1, 0.15) is 12.0 Å². The fraction of sp³-hybridized carbons (Fsp3) is 0.176. The third kappa shape index (κ3) is 3.69. The number of hydrogen-bond acceptors (Lipinski definition) is 3. The van der Waals surface area contributed by atoms with Crippen molar-refractivity contribution in [2.75, 3.05) is 11.9 Å². The van der Waals surface area contributed by atoms with Gasteiger partial charge in [-0.05, 0) is 36.6 Å². The van der Waals surface area contributed by atoms with Gasteiger partial charge >= 0.3 is 0 Å². The van der Waals surface area contributed by atoms with Crippen molar-refractivity contribution in [1.82, 2.24) is 14.8 Å². The maximum atomic E-state index is 3.83. The predicted octanol–water partition coefficient (Wildman–Crippen LogP) is 3.31. The summed E-state index contributed by atoms with van der Waals surface area (Å²) in [5.74, 6) is 0. The molecular formula is C17H18N4. The molecule has 4 heteroatoms. The van der Waals surface area contributed by atoms with Crippen molar-refractivity contribution in [2.24, 2.45) is 0 Å². The maximum Gasteiger partial charge on any atom is 0.123 e. The molecule has 0 saturated carbocycles. The van der Waals surface area contributed by atoms with Crippen molar-refractivity contribution in [2.45, 2.75) is 12.8 Å². The molecule has 1 aromatic heterocycles. The van der Waals surface area contributed by atoms with Gasteiger partial charge in [-0.15, -0.1) is 10.2 Å². The van der Waals surface area contributed by atoms with E-state index in [2.05, 4.69) is 58.0 Å². The van der Waals surface area contributed by atoms with Gasteiger partial charge in [-0.1, -0.05) is 36.4 Å². The number of anilines is 1. The van der Waals surface area contributed by atoms with E-state index in [-0.39, 0.29) is 0 Å². The van der Waals surface area contributed by atoms with Crippen molar-refractivity contribution >= 4 is 5.69 Å². The predicted molar refractivity (Wildman–Crippen MR) is 84.6 cm³/mol. The van der Waals surface area contributed by atoms with Gasteiger partial charge in [-0.2, -0.15) is 0 Å². The lowest BCUT2D eigenvalue weighted by Gasteiger charge is -2.08. The van der Waals surface area contributed by atoms with Crippen molar-refractivity contribution in [3.63, 3.8) is 0 Å². The van der Waals surface area contributed by atoms with Gasteiger partial charge in [-0.25, -0.2) is 0 Å². The van der Waals surface area contributed by atoms with Crippen LogP contribution in [0.5, 0.6) is 0 Å². The van der Waals surface area contributed by atoms with Crippen molar-refractivity contribution in [3.05, 3.63) is 72.8 Å². The number of nitrogens with zero attached hydrogens (tertiary/aromatic N) is 3. The number of nitrogens with one attached hydrogen (secondary N) is 1. The molecule has 0 spiro atoms. The average Bonchev–Trinajstić information content (AvgIpc) is 3.07. The Morgan fingerprint density at radius 2 is 1.71 bits per heavy atom. The highest BCUT2D eigenvalue weighted by Gasteiger charge is 1.98. The summed E-state index contributed by atoms with van der Waals surface area (Å²) < 4.78 is 1.90. The first kappa shape index (κ1) is 13.4. The minimum Gasteiger partial charge on any atom is -0.385 e. The summed E-state index contributed by atoms with van der Waals surface area (Å²) in [5.41, 5.74) is 3.57. The molecule has 106 valence electrons. The van der Waals surface area contributed by atoms with E-state index in [0.717, 1.165) is 30.8 Å². The fourth-order valence-corrected chi connectivity index (χ4v) is 2.28. The Hall–Kier alpha value is -2.62. The summed E-state index contributed by atoms with van der Waals surface area (Å²) in [5, 5.41) is 11.1. The highest BCUT2D eigenvalue weighted by molar-refractivity contribution is 5.50. The number of benzene rings is 2. The lowest BCUT2D eigenvalue weighted by atomic mass is 10.1. The molecule has 0 fully saturated rings. The first-order valence-corrected chi connectivity index (χ1v) is 7.15. The van der Waals surface area contributed by atoms with E-state index in [1.54, 1.807) is 12.7 Å². The molecular weight excluding hydrogens is 260 g/mol. The third-order valence-electron chi connectivity index (χ3n) is 3.38. The van der Waals surface area contributed by atoms with Crippen LogP contribution in [0.2, 0.25) is 0 Å². The van der Waals surface area contributed by atoms with E-state index in [1.807, 2.05) is 16.7 Å². The first-order valence-electron chi connectivity index (χ1n) is 7.15. The third-order valence-corrected chi connectivity index (χ3v) is 3.38. The van der Waals surface area contributed by atoms with Gasteiger partial charge in [0.05, 0.1) is 5.69 Å². The standard InChI is InChI=1S/C17H18N4/c1-2-6-15(7-3-1)8-5-11-18-16-9-4-10-17(12-16)21-13-19-20-14-21/h1-4,6-7,9-10,12-14,18H,5,8,11H2. The Labute approximate surface area is 124 Å². The van der Waals surface area contributed by atoms with Gasteiger partial charge in [0, 0.05) is 12.2 Å². The summed E-state index contributed by atoms with van der Waals surface area (Å²) in [6, 6.07) is 18.8. The topological polar surface area (TPSA) is 42.7 Å². The Morgan fingerprint density at radius 3 is 2.52 bits per heavy atom. The van der Waals surface area contributed by atoms with Gasteiger partial charge in [0.1, 0.15) is 12.7 Å². The molecule has 4 nitrogen and oxygen atoms in total. The molecule has 3 aromatic rings. The zero-order chi connectivity index (χ0) is 14.3. The van der Waals surface area contributed by atoms with Gasteiger partial charge in [0.15, 0.2) is 0 Å². The first-order chi connectivity index (χ1) is 10.4. The molecule has 0 radical (unpaired) electrons. The molecule has 2 aromatic carbocycles. The molecule has 0 amide bonds. The van der Waals surface area contributed by atoms with Crippen LogP contribution in [0.4, 0.5) is 5.69 Å². The Kier molecular flexibility index (Phi) is 4.27. The lowest BCUT2D eigenvalue weighted by Crippen LogP contribution is -2.03. The normalized spacial score (nSPS) is 10.5. The summed E-state index contributed by atoms with van der Waals surface area (Å²) in [4.78, 5) is 0. The number of aryl methyl sites for hydroxylation is 1. The smallest absolute Gasteiger partial charge is 0.123 e. The zero-order valence-electron chi connectivity index (χ0n) is 11.8. The molecule has 0 aliphatic carbocycles. The highest BCUT2D eigenvalue weighted by atomic mass is 15.2. The monoisotopic (exact) mass is 278 g/mol. The second kappa shape index (κ2) is 6.70. The molecule has 1 N–H and O–H groups in total. The molecule has 0 saturated heterocycles. The fourth-order valence-electron chi connectivity index (χ4n) is 2.28. The van der Waals surface area contributed by atoms with Crippen LogP contribution < -0.4 is 5.32 Å². The molecule has 0 unspecified atom stereocenters. The van der Waals surface area contributed by atoms with E-state index in [1.165, 1.54) is 5.56 Å². The summed E-state index contributed by atoms with van der Waals surface area (Å²) in [6.07, 6.45) is 5.61. The van der Waals surface area contributed by atoms with Gasteiger partial charge in [0.2, 0.25) is 0 Å². The SMILES string of the molecule is c1ccc(CCCNc2cccc(-n3cnnc3)c2)cc1. The van der Waals surface area contributed by atoms with E-state index >= 15 is 0 Å². The van der Waals surface area contributed by atoms with Crippen LogP contribution >= 0.6 is 0 Å².